The van der Waals surface area contributed by atoms with E-state index in [1.54, 1.807) is 0 Å². The molecular weight excluding hydrogens is 227 g/mol. The second-order valence-corrected chi connectivity index (χ2v) is 6.21. The summed E-state index contributed by atoms with van der Waals surface area (Å²) in [5, 5.41) is 0. The highest BCUT2D eigenvalue weighted by molar-refractivity contribution is 6.08. The zero-order valence-corrected chi connectivity index (χ0v) is 13.8. The monoisotopic (exact) mass is 264 g/mol. The van der Waals surface area contributed by atoms with Gasteiger partial charge in [-0.1, -0.05) is 110 Å². The first-order valence-electron chi connectivity index (χ1n) is 9.05. The Balaban J connectivity index is 3.21. The second-order valence-electron chi connectivity index (χ2n) is 6.21. The summed E-state index contributed by atoms with van der Waals surface area (Å²) < 4.78 is 0. The number of rotatable bonds is 15. The quantitative estimate of drug-likeness (QED) is 0.228. The average molecular weight is 264 g/mol. The SMILES string of the molecule is [B]CC(CCCCC)CCCCCCCCCCC. The number of hydrogen-bond donors (Lipinski definition) is 0. The van der Waals surface area contributed by atoms with Crippen molar-refractivity contribution >= 4 is 7.85 Å². The Kier molecular flexibility index (Phi) is 16.2. The van der Waals surface area contributed by atoms with E-state index < -0.39 is 0 Å². The first-order chi connectivity index (χ1) is 9.35. The highest BCUT2D eigenvalue weighted by Gasteiger charge is 2.05. The summed E-state index contributed by atoms with van der Waals surface area (Å²) >= 11 is 0. The van der Waals surface area contributed by atoms with Crippen molar-refractivity contribution in [3.8, 4) is 0 Å². The third-order valence-electron chi connectivity index (χ3n) is 4.27. The fraction of sp³-hybridized carbons (Fsp3) is 1.00. The van der Waals surface area contributed by atoms with E-state index in [4.69, 9.17) is 7.85 Å². The van der Waals surface area contributed by atoms with Crippen LogP contribution in [-0.2, 0) is 0 Å². The molecule has 0 amide bonds. The van der Waals surface area contributed by atoms with Crippen molar-refractivity contribution in [3.05, 3.63) is 0 Å². The third kappa shape index (κ3) is 14.3. The molecule has 0 aliphatic rings. The lowest BCUT2D eigenvalue weighted by molar-refractivity contribution is 0.436. The first-order valence-corrected chi connectivity index (χ1v) is 9.05. The molecular formula is C18H37B. The molecule has 0 rings (SSSR count). The summed E-state index contributed by atoms with van der Waals surface area (Å²) in [5.74, 6) is 0.802. The minimum atomic E-state index is 0.802. The molecule has 1 atom stereocenters. The van der Waals surface area contributed by atoms with Gasteiger partial charge in [0, 0.05) is 0 Å². The van der Waals surface area contributed by atoms with Crippen molar-refractivity contribution in [3.63, 3.8) is 0 Å². The van der Waals surface area contributed by atoms with Crippen molar-refractivity contribution in [2.24, 2.45) is 5.92 Å². The van der Waals surface area contributed by atoms with Gasteiger partial charge >= 0.3 is 0 Å². The first kappa shape index (κ1) is 19.1. The van der Waals surface area contributed by atoms with Crippen LogP contribution in [0.15, 0.2) is 0 Å². The topological polar surface area (TPSA) is 0 Å². The van der Waals surface area contributed by atoms with Crippen molar-refractivity contribution in [1.82, 2.24) is 0 Å². The van der Waals surface area contributed by atoms with Crippen LogP contribution in [-0.4, -0.2) is 7.85 Å². The largest absolute Gasteiger partial charge is 0.0859 e. The molecule has 0 heterocycles. The molecule has 0 aliphatic heterocycles. The molecule has 0 aromatic heterocycles. The lowest BCUT2D eigenvalue weighted by atomic mass is 9.83. The van der Waals surface area contributed by atoms with E-state index in [0.717, 1.165) is 12.2 Å². The summed E-state index contributed by atoms with van der Waals surface area (Å²) in [6, 6.07) is 0. The molecule has 0 aliphatic carbocycles. The molecule has 19 heavy (non-hydrogen) atoms. The fourth-order valence-corrected chi connectivity index (χ4v) is 2.81. The van der Waals surface area contributed by atoms with Gasteiger partial charge in [-0.2, -0.15) is 0 Å². The van der Waals surface area contributed by atoms with Crippen LogP contribution in [0.2, 0.25) is 6.32 Å². The maximum atomic E-state index is 5.86. The molecule has 0 spiro atoms. The van der Waals surface area contributed by atoms with Gasteiger partial charge in [0.25, 0.3) is 0 Å². The van der Waals surface area contributed by atoms with Crippen LogP contribution in [0.3, 0.4) is 0 Å². The molecule has 0 fully saturated rings. The summed E-state index contributed by atoms with van der Waals surface area (Å²) in [6.45, 7) is 4.56. The molecule has 2 radical (unpaired) electrons. The zero-order valence-electron chi connectivity index (χ0n) is 13.8. The van der Waals surface area contributed by atoms with Crippen LogP contribution < -0.4 is 0 Å². The number of unbranched alkanes of at least 4 members (excludes halogenated alkanes) is 10. The Morgan fingerprint density at radius 2 is 0.947 bits per heavy atom. The van der Waals surface area contributed by atoms with Gasteiger partial charge in [0.05, 0.1) is 7.85 Å². The molecule has 1 heteroatoms. The van der Waals surface area contributed by atoms with Crippen LogP contribution in [0.4, 0.5) is 0 Å². The van der Waals surface area contributed by atoms with Crippen molar-refractivity contribution in [2.45, 2.75) is 110 Å². The van der Waals surface area contributed by atoms with Gasteiger partial charge in [-0.05, 0) is 5.92 Å². The summed E-state index contributed by atoms with van der Waals surface area (Å²) in [6.07, 6.45) is 20.6. The van der Waals surface area contributed by atoms with E-state index in [9.17, 15) is 0 Å². The van der Waals surface area contributed by atoms with Crippen molar-refractivity contribution < 1.29 is 0 Å². The summed E-state index contributed by atoms with van der Waals surface area (Å²) in [5.41, 5.74) is 0. The minimum Gasteiger partial charge on any atom is -0.0859 e. The highest BCUT2D eigenvalue weighted by Crippen LogP contribution is 2.20. The molecule has 1 unspecified atom stereocenters. The Hall–Kier alpha value is 0.0649. The molecule has 0 saturated heterocycles. The predicted octanol–water partition coefficient (Wildman–Crippen LogP) is 6.69. The van der Waals surface area contributed by atoms with Gasteiger partial charge in [-0.3, -0.25) is 0 Å². The van der Waals surface area contributed by atoms with E-state index in [0.29, 0.717) is 0 Å². The van der Waals surface area contributed by atoms with Crippen molar-refractivity contribution in [1.29, 1.82) is 0 Å². The van der Waals surface area contributed by atoms with Crippen LogP contribution in [0.5, 0.6) is 0 Å². The van der Waals surface area contributed by atoms with Crippen LogP contribution in [0.1, 0.15) is 104 Å². The second kappa shape index (κ2) is 16.1. The van der Waals surface area contributed by atoms with E-state index in [2.05, 4.69) is 13.8 Å². The molecule has 0 aromatic carbocycles. The smallest absolute Gasteiger partial charge is 0.0656 e. The van der Waals surface area contributed by atoms with Crippen LogP contribution in [0.25, 0.3) is 0 Å². The molecule has 0 aromatic rings. The highest BCUT2D eigenvalue weighted by atomic mass is 14.1. The maximum absolute atomic E-state index is 5.86. The van der Waals surface area contributed by atoms with Gasteiger partial charge in [0.1, 0.15) is 0 Å². The number of hydrogen-bond acceptors (Lipinski definition) is 0. The van der Waals surface area contributed by atoms with E-state index >= 15 is 0 Å². The van der Waals surface area contributed by atoms with Crippen LogP contribution >= 0.6 is 0 Å². The minimum absolute atomic E-state index is 0.802. The van der Waals surface area contributed by atoms with E-state index in [1.807, 2.05) is 0 Å². The molecule has 112 valence electrons. The molecule has 0 bridgehead atoms. The van der Waals surface area contributed by atoms with Gasteiger partial charge < -0.3 is 0 Å². The van der Waals surface area contributed by atoms with Gasteiger partial charge in [0.2, 0.25) is 0 Å². The summed E-state index contributed by atoms with van der Waals surface area (Å²) in [4.78, 5) is 0. The predicted molar refractivity (Wildman–Crippen MR) is 90.0 cm³/mol. The normalized spacial score (nSPS) is 12.7. The average Bonchev–Trinajstić information content (AvgIpc) is 2.43. The van der Waals surface area contributed by atoms with Gasteiger partial charge in [-0.25, -0.2) is 0 Å². The Labute approximate surface area is 124 Å². The van der Waals surface area contributed by atoms with E-state index in [1.165, 1.54) is 89.9 Å². The lowest BCUT2D eigenvalue weighted by Gasteiger charge is -2.14. The lowest BCUT2D eigenvalue weighted by Crippen LogP contribution is -2.00. The Morgan fingerprint density at radius 1 is 0.579 bits per heavy atom. The molecule has 0 N–H and O–H groups in total. The Morgan fingerprint density at radius 3 is 1.42 bits per heavy atom. The zero-order chi connectivity index (χ0) is 14.2. The summed E-state index contributed by atoms with van der Waals surface area (Å²) in [7, 11) is 5.86. The molecule has 0 nitrogen and oxygen atoms in total. The van der Waals surface area contributed by atoms with Gasteiger partial charge in [0.15, 0.2) is 0 Å². The standard InChI is InChI=1S/C18H37B/c1-3-5-7-8-9-10-11-12-14-16-18(17-19)15-13-6-4-2/h18H,3-17H2,1-2H3. The van der Waals surface area contributed by atoms with Gasteiger partial charge in [-0.15, -0.1) is 0 Å². The fourth-order valence-electron chi connectivity index (χ4n) is 2.81. The third-order valence-corrected chi connectivity index (χ3v) is 4.27. The van der Waals surface area contributed by atoms with Crippen molar-refractivity contribution in [2.75, 3.05) is 0 Å². The van der Waals surface area contributed by atoms with Crippen LogP contribution in [0, 0.1) is 5.92 Å². The Bertz CT molecular complexity index is 156. The van der Waals surface area contributed by atoms with E-state index in [-0.39, 0.29) is 0 Å². The maximum Gasteiger partial charge on any atom is 0.0656 e. The molecule has 0 saturated carbocycles.